The van der Waals surface area contributed by atoms with E-state index in [-0.39, 0.29) is 11.9 Å². The number of carbonyl (C=O) groups excluding carboxylic acids is 1. The van der Waals surface area contributed by atoms with Crippen molar-refractivity contribution in [1.29, 1.82) is 0 Å². The summed E-state index contributed by atoms with van der Waals surface area (Å²) >= 11 is 1.68. The second-order valence-electron chi connectivity index (χ2n) is 5.26. The SMILES string of the molecule is CCc1ccc(NC(=O)[C@@H](C)N(C)Cc2ccsc2)cc1. The lowest BCUT2D eigenvalue weighted by Gasteiger charge is -2.23. The molecule has 1 aromatic heterocycles. The molecule has 2 rings (SSSR count). The van der Waals surface area contributed by atoms with Crippen molar-refractivity contribution in [2.45, 2.75) is 32.9 Å². The van der Waals surface area contributed by atoms with Crippen LogP contribution in [0.5, 0.6) is 0 Å². The number of benzene rings is 1. The Labute approximate surface area is 130 Å². The predicted molar refractivity (Wildman–Crippen MR) is 89.7 cm³/mol. The second-order valence-corrected chi connectivity index (χ2v) is 6.04. The van der Waals surface area contributed by atoms with Gasteiger partial charge in [0.05, 0.1) is 6.04 Å². The Hall–Kier alpha value is -1.65. The summed E-state index contributed by atoms with van der Waals surface area (Å²) in [6.45, 7) is 4.84. The first-order valence-corrected chi connectivity index (χ1v) is 8.15. The molecule has 1 atom stereocenters. The van der Waals surface area contributed by atoms with Crippen LogP contribution < -0.4 is 5.32 Å². The third-order valence-electron chi connectivity index (χ3n) is 3.68. The molecule has 3 nitrogen and oxygen atoms in total. The first-order chi connectivity index (χ1) is 10.1. The predicted octanol–water partition coefficient (Wildman–Crippen LogP) is 3.77. The lowest BCUT2D eigenvalue weighted by atomic mass is 10.1. The summed E-state index contributed by atoms with van der Waals surface area (Å²) < 4.78 is 0. The van der Waals surface area contributed by atoms with Gasteiger partial charge >= 0.3 is 0 Å². The summed E-state index contributed by atoms with van der Waals surface area (Å²) in [6, 6.07) is 9.95. The average Bonchev–Trinajstić information content (AvgIpc) is 3.00. The van der Waals surface area contributed by atoms with Gasteiger partial charge < -0.3 is 5.32 Å². The quantitative estimate of drug-likeness (QED) is 0.881. The highest BCUT2D eigenvalue weighted by Gasteiger charge is 2.18. The molecule has 112 valence electrons. The zero-order valence-electron chi connectivity index (χ0n) is 12.8. The number of anilines is 1. The summed E-state index contributed by atoms with van der Waals surface area (Å²) in [6.07, 6.45) is 1.01. The average molecular weight is 302 g/mol. The van der Waals surface area contributed by atoms with E-state index >= 15 is 0 Å². The molecule has 0 aliphatic rings. The normalized spacial score (nSPS) is 12.4. The van der Waals surface area contributed by atoms with Gasteiger partial charge in [-0.25, -0.2) is 0 Å². The first kappa shape index (κ1) is 15.7. The van der Waals surface area contributed by atoms with E-state index in [2.05, 4.69) is 46.1 Å². The van der Waals surface area contributed by atoms with E-state index < -0.39 is 0 Å². The molecule has 1 N–H and O–H groups in total. The van der Waals surface area contributed by atoms with Gasteiger partial charge in [0, 0.05) is 12.2 Å². The van der Waals surface area contributed by atoms with Crippen molar-refractivity contribution in [1.82, 2.24) is 4.90 Å². The van der Waals surface area contributed by atoms with Crippen LogP contribution in [0, 0.1) is 0 Å². The van der Waals surface area contributed by atoms with Crippen LogP contribution in [0.15, 0.2) is 41.1 Å². The standard InChI is InChI=1S/C17H22N2OS/c1-4-14-5-7-16(8-6-14)18-17(20)13(2)19(3)11-15-9-10-21-12-15/h5-10,12-13H,4,11H2,1-3H3,(H,18,20)/t13-/m1/s1. The highest BCUT2D eigenvalue weighted by molar-refractivity contribution is 7.07. The number of thiophene rings is 1. The largest absolute Gasteiger partial charge is 0.325 e. The molecule has 0 radical (unpaired) electrons. The molecule has 0 spiro atoms. The van der Waals surface area contributed by atoms with Crippen molar-refractivity contribution < 1.29 is 4.79 Å². The zero-order valence-corrected chi connectivity index (χ0v) is 13.6. The number of carbonyl (C=O) groups is 1. The maximum atomic E-state index is 12.3. The molecule has 0 bridgehead atoms. The molecule has 4 heteroatoms. The van der Waals surface area contributed by atoms with E-state index in [1.807, 2.05) is 26.1 Å². The van der Waals surface area contributed by atoms with Crippen LogP contribution in [-0.2, 0) is 17.8 Å². The Kier molecular flexibility index (Phi) is 5.53. The third kappa shape index (κ3) is 4.41. The summed E-state index contributed by atoms with van der Waals surface area (Å²) in [5.41, 5.74) is 3.37. The van der Waals surface area contributed by atoms with Crippen LogP contribution in [0.3, 0.4) is 0 Å². The summed E-state index contributed by atoms with van der Waals surface area (Å²) in [5.74, 6) is 0.0250. The van der Waals surface area contributed by atoms with E-state index in [0.29, 0.717) is 0 Å². The van der Waals surface area contributed by atoms with Crippen molar-refractivity contribution in [3.05, 3.63) is 52.2 Å². The van der Waals surface area contributed by atoms with Crippen LogP contribution in [0.1, 0.15) is 25.0 Å². The van der Waals surface area contributed by atoms with Crippen molar-refractivity contribution in [3.8, 4) is 0 Å². The highest BCUT2D eigenvalue weighted by Crippen LogP contribution is 2.13. The molecule has 2 aromatic rings. The Bertz CT molecular complexity index is 563. The minimum Gasteiger partial charge on any atom is -0.325 e. The molecule has 1 aromatic carbocycles. The van der Waals surface area contributed by atoms with Gasteiger partial charge in [0.2, 0.25) is 5.91 Å². The van der Waals surface area contributed by atoms with Crippen LogP contribution in [0.2, 0.25) is 0 Å². The van der Waals surface area contributed by atoms with Crippen LogP contribution >= 0.6 is 11.3 Å². The maximum Gasteiger partial charge on any atom is 0.241 e. The number of rotatable bonds is 6. The molecule has 1 amide bonds. The highest BCUT2D eigenvalue weighted by atomic mass is 32.1. The van der Waals surface area contributed by atoms with Crippen molar-refractivity contribution in [3.63, 3.8) is 0 Å². The van der Waals surface area contributed by atoms with E-state index in [4.69, 9.17) is 0 Å². The van der Waals surface area contributed by atoms with Gasteiger partial charge in [-0.1, -0.05) is 19.1 Å². The Morgan fingerprint density at radius 2 is 1.95 bits per heavy atom. The molecule has 1 heterocycles. The fourth-order valence-electron chi connectivity index (χ4n) is 2.08. The van der Waals surface area contributed by atoms with E-state index in [1.54, 1.807) is 11.3 Å². The molecule has 0 unspecified atom stereocenters. The molecule has 0 fully saturated rings. The molecule has 0 aliphatic heterocycles. The monoisotopic (exact) mass is 302 g/mol. The van der Waals surface area contributed by atoms with Gasteiger partial charge in [0.1, 0.15) is 0 Å². The molecule has 21 heavy (non-hydrogen) atoms. The fourth-order valence-corrected chi connectivity index (χ4v) is 2.74. The number of nitrogens with one attached hydrogen (secondary N) is 1. The number of likely N-dealkylation sites (N-methyl/N-ethyl adjacent to an activating group) is 1. The van der Waals surface area contributed by atoms with Crippen molar-refractivity contribution in [2.24, 2.45) is 0 Å². The molecule has 0 aliphatic carbocycles. The van der Waals surface area contributed by atoms with Crippen LogP contribution in [0.4, 0.5) is 5.69 Å². The lowest BCUT2D eigenvalue weighted by molar-refractivity contribution is -0.120. The topological polar surface area (TPSA) is 32.3 Å². The van der Waals surface area contributed by atoms with Gasteiger partial charge in [-0.3, -0.25) is 9.69 Å². The van der Waals surface area contributed by atoms with Crippen molar-refractivity contribution >= 4 is 22.9 Å². The number of hydrogen-bond donors (Lipinski definition) is 1. The number of nitrogens with zero attached hydrogens (tertiary/aromatic N) is 1. The first-order valence-electron chi connectivity index (χ1n) is 7.21. The van der Waals surface area contributed by atoms with Gasteiger partial charge in [0.25, 0.3) is 0 Å². The van der Waals surface area contributed by atoms with Crippen molar-refractivity contribution in [2.75, 3.05) is 12.4 Å². The summed E-state index contributed by atoms with van der Waals surface area (Å²) in [5, 5.41) is 7.15. The second kappa shape index (κ2) is 7.38. The van der Waals surface area contributed by atoms with E-state index in [9.17, 15) is 4.79 Å². The Morgan fingerprint density at radius 3 is 2.52 bits per heavy atom. The van der Waals surface area contributed by atoms with Crippen LogP contribution in [-0.4, -0.2) is 23.9 Å². The molecular formula is C17H22N2OS. The lowest BCUT2D eigenvalue weighted by Crippen LogP contribution is -2.39. The van der Waals surface area contributed by atoms with Gasteiger partial charge in [-0.2, -0.15) is 11.3 Å². The molecule has 0 saturated carbocycles. The van der Waals surface area contributed by atoms with Crippen LogP contribution in [0.25, 0.3) is 0 Å². The summed E-state index contributed by atoms with van der Waals surface area (Å²) in [4.78, 5) is 14.3. The Balaban J connectivity index is 1.91. The van der Waals surface area contributed by atoms with Gasteiger partial charge in [-0.15, -0.1) is 0 Å². The number of aryl methyl sites for hydroxylation is 1. The van der Waals surface area contributed by atoms with Gasteiger partial charge in [0.15, 0.2) is 0 Å². The minimum atomic E-state index is -0.171. The maximum absolute atomic E-state index is 12.3. The molecular weight excluding hydrogens is 280 g/mol. The fraction of sp³-hybridized carbons (Fsp3) is 0.353. The number of amides is 1. The minimum absolute atomic E-state index is 0.0250. The molecule has 0 saturated heterocycles. The Morgan fingerprint density at radius 1 is 1.24 bits per heavy atom. The third-order valence-corrected chi connectivity index (χ3v) is 4.41. The van der Waals surface area contributed by atoms with E-state index in [0.717, 1.165) is 18.7 Å². The summed E-state index contributed by atoms with van der Waals surface area (Å²) in [7, 11) is 1.97. The van der Waals surface area contributed by atoms with E-state index in [1.165, 1.54) is 11.1 Å². The number of hydrogen-bond acceptors (Lipinski definition) is 3. The zero-order chi connectivity index (χ0) is 15.2. The smallest absolute Gasteiger partial charge is 0.241 e. The van der Waals surface area contributed by atoms with Gasteiger partial charge in [-0.05, 0) is 60.5 Å².